The monoisotopic (exact) mass is 268 g/mol. The van der Waals surface area contributed by atoms with E-state index in [9.17, 15) is 14.4 Å². The minimum Gasteiger partial charge on any atom is -0.478 e. The number of nitrogens with one attached hydrogen (secondary N) is 1. The van der Waals surface area contributed by atoms with Crippen molar-refractivity contribution in [3.8, 4) is 0 Å². The molecule has 0 aromatic carbocycles. The van der Waals surface area contributed by atoms with Crippen LogP contribution in [0.25, 0.3) is 0 Å². The molecule has 6 heteroatoms. The minimum atomic E-state index is -1.10. The second-order valence-electron chi connectivity index (χ2n) is 5.17. The Morgan fingerprint density at radius 3 is 2.26 bits per heavy atom. The van der Waals surface area contributed by atoms with Gasteiger partial charge in [0.1, 0.15) is 0 Å². The molecule has 1 fully saturated rings. The lowest BCUT2D eigenvalue weighted by Crippen LogP contribution is -2.40. The Morgan fingerprint density at radius 1 is 1.21 bits per heavy atom. The highest BCUT2D eigenvalue weighted by atomic mass is 16.4. The van der Waals surface area contributed by atoms with Gasteiger partial charge in [0.05, 0.1) is 5.41 Å². The Labute approximate surface area is 112 Å². The second-order valence-corrected chi connectivity index (χ2v) is 5.17. The lowest BCUT2D eigenvalue weighted by Gasteiger charge is -2.23. The van der Waals surface area contributed by atoms with E-state index < -0.39 is 11.4 Å². The molecule has 1 rings (SSSR count). The van der Waals surface area contributed by atoms with Gasteiger partial charge in [-0.15, -0.1) is 0 Å². The lowest BCUT2D eigenvalue weighted by molar-refractivity contribution is -0.134. The standard InChI is InChI=1S/C13H20N2O4/c1-8(9(2)11(17)18)10(16)15-6-5-13(3,7-15)12(19)14-4/h5-7H2,1-4H3,(H,14,19)(H,17,18). The van der Waals surface area contributed by atoms with E-state index in [4.69, 9.17) is 5.11 Å². The molecule has 0 aliphatic carbocycles. The van der Waals surface area contributed by atoms with E-state index >= 15 is 0 Å². The highest BCUT2D eigenvalue weighted by molar-refractivity contribution is 6.01. The van der Waals surface area contributed by atoms with Crippen molar-refractivity contribution in [1.29, 1.82) is 0 Å². The Morgan fingerprint density at radius 2 is 1.79 bits per heavy atom. The van der Waals surface area contributed by atoms with E-state index in [2.05, 4.69) is 5.32 Å². The zero-order valence-electron chi connectivity index (χ0n) is 11.7. The van der Waals surface area contributed by atoms with Crippen LogP contribution in [-0.2, 0) is 14.4 Å². The van der Waals surface area contributed by atoms with Gasteiger partial charge < -0.3 is 15.3 Å². The molecular formula is C13H20N2O4. The number of amides is 2. The first-order chi connectivity index (χ1) is 8.73. The molecule has 1 unspecified atom stereocenters. The molecule has 0 spiro atoms. The van der Waals surface area contributed by atoms with Gasteiger partial charge in [0, 0.05) is 31.3 Å². The summed E-state index contributed by atoms with van der Waals surface area (Å²) in [6.45, 7) is 5.50. The van der Waals surface area contributed by atoms with Crippen LogP contribution >= 0.6 is 0 Å². The molecule has 0 aromatic rings. The third kappa shape index (κ3) is 2.94. The molecule has 6 nitrogen and oxygen atoms in total. The van der Waals surface area contributed by atoms with Crippen LogP contribution in [-0.4, -0.2) is 47.9 Å². The number of carbonyl (C=O) groups excluding carboxylic acids is 2. The molecule has 0 saturated carbocycles. The molecule has 1 aliphatic heterocycles. The number of nitrogens with zero attached hydrogens (tertiary/aromatic N) is 1. The van der Waals surface area contributed by atoms with Crippen molar-refractivity contribution in [1.82, 2.24) is 10.2 Å². The van der Waals surface area contributed by atoms with Crippen LogP contribution < -0.4 is 5.32 Å². The third-order valence-electron chi connectivity index (χ3n) is 3.74. The van der Waals surface area contributed by atoms with Crippen LogP contribution in [0.4, 0.5) is 0 Å². The van der Waals surface area contributed by atoms with E-state index in [0.717, 1.165) is 0 Å². The quantitative estimate of drug-likeness (QED) is 0.725. The van der Waals surface area contributed by atoms with E-state index in [1.807, 2.05) is 6.92 Å². The molecule has 1 atom stereocenters. The smallest absolute Gasteiger partial charge is 0.331 e. The summed E-state index contributed by atoms with van der Waals surface area (Å²) < 4.78 is 0. The summed E-state index contributed by atoms with van der Waals surface area (Å²) in [6.07, 6.45) is 0.581. The maximum atomic E-state index is 12.2. The van der Waals surface area contributed by atoms with Crippen LogP contribution in [0.3, 0.4) is 0 Å². The van der Waals surface area contributed by atoms with Crippen molar-refractivity contribution >= 4 is 17.8 Å². The summed E-state index contributed by atoms with van der Waals surface area (Å²) in [6, 6.07) is 0. The van der Waals surface area contributed by atoms with Gasteiger partial charge in [-0.05, 0) is 27.2 Å². The van der Waals surface area contributed by atoms with E-state index in [-0.39, 0.29) is 23.0 Å². The number of aliphatic carboxylic acids is 1. The predicted molar refractivity (Wildman–Crippen MR) is 69.4 cm³/mol. The summed E-state index contributed by atoms with van der Waals surface area (Å²) in [5.41, 5.74) is -0.339. The Kier molecular flexibility index (Phi) is 4.34. The SMILES string of the molecule is CNC(=O)C1(C)CCN(C(=O)C(C)=C(C)C(=O)O)C1. The van der Waals surface area contributed by atoms with Crippen LogP contribution in [0.5, 0.6) is 0 Å². The van der Waals surface area contributed by atoms with Gasteiger partial charge in [0.15, 0.2) is 0 Å². The largest absolute Gasteiger partial charge is 0.478 e. The highest BCUT2D eigenvalue weighted by Gasteiger charge is 2.41. The number of likely N-dealkylation sites (tertiary alicyclic amines) is 1. The maximum absolute atomic E-state index is 12.2. The van der Waals surface area contributed by atoms with Crippen molar-refractivity contribution in [2.45, 2.75) is 27.2 Å². The Bertz CT molecular complexity index is 456. The Hall–Kier alpha value is -1.85. The van der Waals surface area contributed by atoms with Gasteiger partial charge >= 0.3 is 5.97 Å². The fraction of sp³-hybridized carbons (Fsp3) is 0.615. The minimum absolute atomic E-state index is 0.0403. The van der Waals surface area contributed by atoms with Crippen molar-refractivity contribution < 1.29 is 19.5 Å². The zero-order valence-corrected chi connectivity index (χ0v) is 11.7. The summed E-state index contributed by atoms with van der Waals surface area (Å²) in [5.74, 6) is -1.51. The molecule has 0 aromatic heterocycles. The molecule has 1 heterocycles. The van der Waals surface area contributed by atoms with Gasteiger partial charge in [-0.3, -0.25) is 9.59 Å². The van der Waals surface area contributed by atoms with Crippen LogP contribution in [0, 0.1) is 5.41 Å². The average molecular weight is 268 g/mol. The number of hydrogen-bond donors (Lipinski definition) is 2. The first-order valence-electron chi connectivity index (χ1n) is 6.15. The van der Waals surface area contributed by atoms with Crippen molar-refractivity contribution in [3.05, 3.63) is 11.1 Å². The van der Waals surface area contributed by atoms with Crippen molar-refractivity contribution in [2.24, 2.45) is 5.41 Å². The fourth-order valence-corrected chi connectivity index (χ4v) is 2.18. The van der Waals surface area contributed by atoms with Gasteiger partial charge in [-0.1, -0.05) is 0 Å². The predicted octanol–water partition coefficient (Wildman–Crippen LogP) is 0.392. The molecule has 19 heavy (non-hydrogen) atoms. The van der Waals surface area contributed by atoms with E-state index in [1.165, 1.54) is 18.7 Å². The Balaban J connectivity index is 2.86. The number of carbonyl (C=O) groups is 3. The van der Waals surface area contributed by atoms with Crippen molar-refractivity contribution in [2.75, 3.05) is 20.1 Å². The zero-order chi connectivity index (χ0) is 14.8. The molecule has 0 bridgehead atoms. The summed E-state index contributed by atoms with van der Waals surface area (Å²) >= 11 is 0. The summed E-state index contributed by atoms with van der Waals surface area (Å²) in [5, 5.41) is 11.5. The molecule has 2 N–H and O–H groups in total. The normalized spacial score (nSPS) is 23.9. The molecule has 106 valence electrons. The number of hydrogen-bond acceptors (Lipinski definition) is 3. The molecule has 0 radical (unpaired) electrons. The lowest BCUT2D eigenvalue weighted by atomic mass is 9.89. The summed E-state index contributed by atoms with van der Waals surface area (Å²) in [7, 11) is 1.57. The first-order valence-corrected chi connectivity index (χ1v) is 6.15. The van der Waals surface area contributed by atoms with Gasteiger partial charge in [0.2, 0.25) is 11.8 Å². The molecule has 1 aliphatic rings. The van der Waals surface area contributed by atoms with E-state index in [1.54, 1.807) is 7.05 Å². The van der Waals surface area contributed by atoms with Crippen LogP contribution in [0.1, 0.15) is 27.2 Å². The van der Waals surface area contributed by atoms with Crippen molar-refractivity contribution in [3.63, 3.8) is 0 Å². The van der Waals surface area contributed by atoms with Crippen LogP contribution in [0.15, 0.2) is 11.1 Å². The second kappa shape index (κ2) is 5.42. The first kappa shape index (κ1) is 15.2. The summed E-state index contributed by atoms with van der Waals surface area (Å²) in [4.78, 5) is 36.3. The maximum Gasteiger partial charge on any atom is 0.331 e. The fourth-order valence-electron chi connectivity index (χ4n) is 2.18. The molecule has 1 saturated heterocycles. The highest BCUT2D eigenvalue weighted by Crippen LogP contribution is 2.31. The third-order valence-corrected chi connectivity index (χ3v) is 3.74. The van der Waals surface area contributed by atoms with Crippen LogP contribution in [0.2, 0.25) is 0 Å². The van der Waals surface area contributed by atoms with E-state index in [0.29, 0.717) is 19.5 Å². The average Bonchev–Trinajstić information content (AvgIpc) is 2.78. The van der Waals surface area contributed by atoms with Gasteiger partial charge in [-0.25, -0.2) is 4.79 Å². The topological polar surface area (TPSA) is 86.7 Å². The number of rotatable bonds is 3. The number of carboxylic acids is 1. The van der Waals surface area contributed by atoms with Gasteiger partial charge in [0.25, 0.3) is 0 Å². The number of carboxylic acid groups (broad SMARTS) is 1. The van der Waals surface area contributed by atoms with Gasteiger partial charge in [-0.2, -0.15) is 0 Å². The molecule has 2 amide bonds. The molecular weight excluding hydrogens is 248 g/mol.